The van der Waals surface area contributed by atoms with Crippen molar-refractivity contribution in [2.45, 2.75) is 13.0 Å². The van der Waals surface area contributed by atoms with E-state index in [0.29, 0.717) is 0 Å². The van der Waals surface area contributed by atoms with Crippen molar-refractivity contribution >= 4 is 11.3 Å². The zero-order valence-corrected chi connectivity index (χ0v) is 18.1. The van der Waals surface area contributed by atoms with Crippen molar-refractivity contribution in [1.82, 2.24) is 0 Å². The highest BCUT2D eigenvalue weighted by Gasteiger charge is 2.22. The molecule has 5 rings (SSSR count). The molecule has 2 heteroatoms. The van der Waals surface area contributed by atoms with Crippen molar-refractivity contribution in [2.24, 2.45) is 0 Å². The predicted octanol–water partition coefficient (Wildman–Crippen LogP) is 7.28. The van der Waals surface area contributed by atoms with Gasteiger partial charge in [0.05, 0.1) is 0 Å². The molecule has 0 unspecified atom stereocenters. The first kappa shape index (κ1) is 19.5. The van der Waals surface area contributed by atoms with E-state index in [2.05, 4.69) is 125 Å². The Morgan fingerprint density at radius 2 is 1.03 bits per heavy atom. The molecule has 0 aliphatic carbocycles. The topological polar surface area (TPSA) is 3.88 Å². The second-order valence-corrected chi connectivity index (χ2v) is 8.63. The molecule has 0 atom stereocenters. The Hall–Kier alpha value is -3.49. The molecule has 1 nitrogen and oxygen atoms in total. The molecule has 0 N–H and O–H groups in total. The summed E-state index contributed by atoms with van der Waals surface area (Å²) in [6.45, 7) is 0.935. The third kappa shape index (κ3) is 4.35. The third-order valence-corrected chi connectivity index (χ3v) is 6.51. The molecule has 150 valence electrons. The van der Waals surface area contributed by atoms with Crippen LogP contribution >= 0.6 is 11.3 Å². The minimum Gasteiger partial charge on any atom is -0.191 e. The number of pyridine rings is 1. The highest BCUT2D eigenvalue weighted by Crippen LogP contribution is 2.29. The molecule has 0 bridgehead atoms. The largest absolute Gasteiger partial charge is 0.213 e. The monoisotopic (exact) mass is 418 g/mol. The number of hydrogen-bond donors (Lipinski definition) is 0. The lowest BCUT2D eigenvalue weighted by molar-refractivity contribution is -0.674. The summed E-state index contributed by atoms with van der Waals surface area (Å²) >= 11 is 1.83. The lowest BCUT2D eigenvalue weighted by Crippen LogP contribution is -2.40. The van der Waals surface area contributed by atoms with Crippen LogP contribution in [0.2, 0.25) is 0 Å². The first-order chi connectivity index (χ1) is 15.4. The van der Waals surface area contributed by atoms with Crippen LogP contribution in [0.4, 0.5) is 0 Å². The number of nitrogens with zero attached hydrogens (tertiary/aromatic N) is 1. The van der Waals surface area contributed by atoms with E-state index in [4.69, 9.17) is 0 Å². The fourth-order valence-corrected chi connectivity index (χ4v) is 4.73. The average Bonchev–Trinajstić information content (AvgIpc) is 3.38. The summed E-state index contributed by atoms with van der Waals surface area (Å²) < 4.78 is 2.48. The number of benzene rings is 3. The van der Waals surface area contributed by atoms with Gasteiger partial charge in [-0.15, -0.1) is 11.3 Å². The van der Waals surface area contributed by atoms with Crippen molar-refractivity contribution < 1.29 is 4.57 Å². The van der Waals surface area contributed by atoms with E-state index in [0.717, 1.165) is 13.0 Å². The first-order valence-corrected chi connectivity index (χ1v) is 11.5. The average molecular weight is 419 g/mol. The number of thiophene rings is 1. The van der Waals surface area contributed by atoms with Crippen molar-refractivity contribution in [3.63, 3.8) is 0 Å². The summed E-state index contributed by atoms with van der Waals surface area (Å²) in [6.07, 6.45) is 1.02. The summed E-state index contributed by atoms with van der Waals surface area (Å²) in [4.78, 5) is 1.41. The van der Waals surface area contributed by atoms with Gasteiger partial charge < -0.3 is 0 Å². The van der Waals surface area contributed by atoms with Gasteiger partial charge in [-0.3, -0.25) is 0 Å². The number of aryl methyl sites for hydroxylation is 1. The molecule has 2 heterocycles. The summed E-state index contributed by atoms with van der Waals surface area (Å²) in [5.74, 6) is 0. The van der Waals surface area contributed by atoms with Gasteiger partial charge in [0.15, 0.2) is 6.54 Å². The van der Waals surface area contributed by atoms with E-state index in [9.17, 15) is 0 Å². The zero-order chi connectivity index (χ0) is 20.9. The molecule has 0 saturated carbocycles. The summed E-state index contributed by atoms with van der Waals surface area (Å²) in [7, 11) is 0. The van der Waals surface area contributed by atoms with Crippen LogP contribution < -0.4 is 4.57 Å². The van der Waals surface area contributed by atoms with Gasteiger partial charge in [-0.25, -0.2) is 0 Å². The third-order valence-electron chi connectivity index (χ3n) is 5.57. The van der Waals surface area contributed by atoms with E-state index >= 15 is 0 Å². The Labute approximate surface area is 187 Å². The smallest absolute Gasteiger partial charge is 0.191 e. The van der Waals surface area contributed by atoms with Crippen molar-refractivity contribution in [3.05, 3.63) is 126 Å². The maximum absolute atomic E-state index is 2.48. The molecule has 0 spiro atoms. The highest BCUT2D eigenvalue weighted by molar-refractivity contribution is 7.09. The maximum atomic E-state index is 2.48. The van der Waals surface area contributed by atoms with Gasteiger partial charge in [0.2, 0.25) is 11.4 Å². The number of rotatable bonds is 6. The summed E-state index contributed by atoms with van der Waals surface area (Å²) in [6, 6.07) is 41.2. The molecule has 0 aliphatic heterocycles. The Kier molecular flexibility index (Phi) is 5.72. The van der Waals surface area contributed by atoms with Crippen LogP contribution in [-0.2, 0) is 13.0 Å². The van der Waals surface area contributed by atoms with Crippen LogP contribution in [0.25, 0.3) is 33.6 Å². The number of hydrogen-bond acceptors (Lipinski definition) is 1. The van der Waals surface area contributed by atoms with Crippen molar-refractivity contribution in [2.75, 3.05) is 0 Å². The Bertz CT molecular complexity index is 1180. The van der Waals surface area contributed by atoms with E-state index in [1.807, 2.05) is 11.3 Å². The van der Waals surface area contributed by atoms with Gasteiger partial charge in [-0.2, -0.15) is 4.57 Å². The van der Waals surface area contributed by atoms with E-state index in [1.54, 1.807) is 0 Å². The minimum absolute atomic E-state index is 0.935. The molecule has 2 aromatic heterocycles. The first-order valence-electron chi connectivity index (χ1n) is 10.6. The second-order valence-electron chi connectivity index (χ2n) is 7.59. The SMILES string of the molecule is c1ccc(-c2cc(-c3ccccc3)[n+](CCc3cccs3)c(-c3ccccc3)c2)cc1. The summed E-state index contributed by atoms with van der Waals surface area (Å²) in [5, 5.41) is 2.16. The van der Waals surface area contributed by atoms with Crippen LogP contribution in [0.5, 0.6) is 0 Å². The fourth-order valence-electron chi connectivity index (χ4n) is 4.03. The standard InChI is InChI=1S/C29H24NS/c1-4-11-23(12-5-1)26-21-28(24-13-6-2-7-14-24)30(19-18-27-17-10-20-31-27)29(22-26)25-15-8-3-9-16-25/h1-17,20-22H,18-19H2/q+1. The van der Waals surface area contributed by atoms with Crippen LogP contribution in [0.1, 0.15) is 4.88 Å². The van der Waals surface area contributed by atoms with Crippen molar-refractivity contribution in [3.8, 4) is 33.6 Å². The second kappa shape index (κ2) is 9.11. The lowest BCUT2D eigenvalue weighted by atomic mass is 9.99. The quantitative estimate of drug-likeness (QED) is 0.255. The van der Waals surface area contributed by atoms with Crippen LogP contribution in [-0.4, -0.2) is 0 Å². The molecule has 3 aromatic carbocycles. The predicted molar refractivity (Wildman–Crippen MR) is 131 cm³/mol. The molecular weight excluding hydrogens is 394 g/mol. The number of aromatic nitrogens is 1. The molecule has 0 radical (unpaired) electrons. The molecule has 0 amide bonds. The zero-order valence-electron chi connectivity index (χ0n) is 17.3. The Morgan fingerprint density at radius 1 is 0.516 bits per heavy atom. The van der Waals surface area contributed by atoms with Crippen LogP contribution in [0.15, 0.2) is 121 Å². The van der Waals surface area contributed by atoms with Gasteiger partial charge in [0, 0.05) is 34.6 Å². The van der Waals surface area contributed by atoms with Gasteiger partial charge >= 0.3 is 0 Å². The maximum Gasteiger partial charge on any atom is 0.213 e. The summed E-state index contributed by atoms with van der Waals surface area (Å²) in [5.41, 5.74) is 7.45. The molecule has 0 fully saturated rings. The molecular formula is C29H24NS+. The molecule has 5 aromatic rings. The highest BCUT2D eigenvalue weighted by atomic mass is 32.1. The van der Waals surface area contributed by atoms with Gasteiger partial charge in [0.25, 0.3) is 0 Å². The van der Waals surface area contributed by atoms with Gasteiger partial charge in [0.1, 0.15) is 0 Å². The van der Waals surface area contributed by atoms with Crippen LogP contribution in [0.3, 0.4) is 0 Å². The minimum atomic E-state index is 0.935. The molecule has 0 aliphatic rings. The Morgan fingerprint density at radius 3 is 1.52 bits per heavy atom. The van der Waals surface area contributed by atoms with Crippen molar-refractivity contribution in [1.29, 1.82) is 0 Å². The fraction of sp³-hybridized carbons (Fsp3) is 0.0690. The van der Waals surface area contributed by atoms with Gasteiger partial charge in [-0.1, -0.05) is 72.8 Å². The lowest BCUT2D eigenvalue weighted by Gasteiger charge is -2.13. The molecule has 31 heavy (non-hydrogen) atoms. The van der Waals surface area contributed by atoms with Gasteiger partial charge in [-0.05, 0) is 46.8 Å². The Balaban J connectivity index is 1.73. The normalized spacial score (nSPS) is 10.8. The van der Waals surface area contributed by atoms with Crippen LogP contribution in [0, 0.1) is 0 Å². The van der Waals surface area contributed by atoms with E-state index < -0.39 is 0 Å². The van der Waals surface area contributed by atoms with E-state index in [1.165, 1.54) is 38.5 Å². The van der Waals surface area contributed by atoms with E-state index in [-0.39, 0.29) is 0 Å². The molecule has 0 saturated heterocycles.